The summed E-state index contributed by atoms with van der Waals surface area (Å²) in [6.45, 7) is 0.162. The van der Waals surface area contributed by atoms with E-state index >= 15 is 0 Å². The van der Waals surface area contributed by atoms with Crippen molar-refractivity contribution in [1.82, 2.24) is 0 Å². The lowest BCUT2D eigenvalue weighted by atomic mass is 10.1. The average molecular weight is 290 g/mol. The molecule has 0 aliphatic carbocycles. The second-order valence-corrected chi connectivity index (χ2v) is 4.42. The van der Waals surface area contributed by atoms with Gasteiger partial charge in [-0.25, -0.2) is 9.18 Å². The third-order valence-electron chi connectivity index (χ3n) is 3.04. The highest BCUT2D eigenvalue weighted by molar-refractivity contribution is 5.87. The molecule has 1 heterocycles. The van der Waals surface area contributed by atoms with Gasteiger partial charge in [0.15, 0.2) is 11.5 Å². The quantitative estimate of drug-likeness (QED) is 0.938. The van der Waals surface area contributed by atoms with Crippen LogP contribution in [0.25, 0.3) is 0 Å². The zero-order chi connectivity index (χ0) is 14.8. The fourth-order valence-electron chi connectivity index (χ4n) is 1.93. The van der Waals surface area contributed by atoms with E-state index in [1.807, 2.05) is 0 Å². The Morgan fingerprint density at radius 1 is 1.19 bits per heavy atom. The number of ether oxygens (including phenoxy) is 3. The van der Waals surface area contributed by atoms with Crippen molar-refractivity contribution in [3.05, 3.63) is 53.3 Å². The van der Waals surface area contributed by atoms with Crippen LogP contribution in [0.15, 0.2) is 36.4 Å². The van der Waals surface area contributed by atoms with Gasteiger partial charge in [0.25, 0.3) is 0 Å². The molecular formula is C15H11FO5. The molecule has 0 aromatic heterocycles. The maximum Gasteiger partial charge on any atom is 0.335 e. The summed E-state index contributed by atoms with van der Waals surface area (Å²) in [5, 5.41) is 8.77. The molecule has 0 fully saturated rings. The van der Waals surface area contributed by atoms with Crippen LogP contribution in [0, 0.1) is 5.82 Å². The van der Waals surface area contributed by atoms with Gasteiger partial charge in [0.1, 0.15) is 18.2 Å². The Morgan fingerprint density at radius 2 is 2.00 bits per heavy atom. The van der Waals surface area contributed by atoms with Gasteiger partial charge in [0, 0.05) is 11.6 Å². The van der Waals surface area contributed by atoms with E-state index in [2.05, 4.69) is 0 Å². The highest BCUT2D eigenvalue weighted by Crippen LogP contribution is 2.35. The summed E-state index contributed by atoms with van der Waals surface area (Å²) in [7, 11) is 0. The molecule has 0 saturated carbocycles. The second-order valence-electron chi connectivity index (χ2n) is 4.42. The third-order valence-corrected chi connectivity index (χ3v) is 3.04. The molecule has 0 amide bonds. The van der Waals surface area contributed by atoms with Gasteiger partial charge in [-0.05, 0) is 24.3 Å². The summed E-state index contributed by atoms with van der Waals surface area (Å²) in [5.41, 5.74) is 0.178. The van der Waals surface area contributed by atoms with E-state index in [1.165, 1.54) is 12.1 Å². The van der Waals surface area contributed by atoms with E-state index < -0.39 is 11.8 Å². The smallest absolute Gasteiger partial charge is 0.335 e. The van der Waals surface area contributed by atoms with Crippen molar-refractivity contribution in [2.45, 2.75) is 6.61 Å². The third kappa shape index (κ3) is 2.74. The first-order valence-corrected chi connectivity index (χ1v) is 6.17. The molecule has 3 rings (SSSR count). The van der Waals surface area contributed by atoms with E-state index in [4.69, 9.17) is 19.3 Å². The SMILES string of the molecule is O=C(O)c1ccc(COc2ccc3c(c2)OCO3)c(F)c1. The Bertz CT molecular complexity index is 698. The standard InChI is InChI=1S/C15H11FO5/c16-12-5-9(15(17)18)1-2-10(12)7-19-11-3-4-13-14(6-11)21-8-20-13/h1-6H,7-8H2,(H,17,18). The number of hydrogen-bond donors (Lipinski definition) is 1. The molecule has 5 nitrogen and oxygen atoms in total. The fraction of sp³-hybridized carbons (Fsp3) is 0.133. The van der Waals surface area contributed by atoms with Crippen molar-refractivity contribution in [2.24, 2.45) is 0 Å². The van der Waals surface area contributed by atoms with Crippen LogP contribution in [0.5, 0.6) is 17.2 Å². The van der Waals surface area contributed by atoms with Crippen LogP contribution < -0.4 is 14.2 Å². The number of rotatable bonds is 4. The molecule has 1 aliphatic heterocycles. The fourth-order valence-corrected chi connectivity index (χ4v) is 1.93. The van der Waals surface area contributed by atoms with Crippen molar-refractivity contribution >= 4 is 5.97 Å². The predicted octanol–water partition coefficient (Wildman–Crippen LogP) is 2.83. The highest BCUT2D eigenvalue weighted by atomic mass is 19.1. The van der Waals surface area contributed by atoms with Crippen LogP contribution in [0.1, 0.15) is 15.9 Å². The number of aromatic carboxylic acids is 1. The van der Waals surface area contributed by atoms with E-state index in [0.717, 1.165) is 6.07 Å². The Hall–Kier alpha value is -2.76. The topological polar surface area (TPSA) is 65.0 Å². The Labute approximate surface area is 119 Å². The van der Waals surface area contributed by atoms with E-state index in [1.54, 1.807) is 18.2 Å². The number of carboxylic acids is 1. The number of carbonyl (C=O) groups is 1. The monoisotopic (exact) mass is 290 g/mol. The molecule has 1 N–H and O–H groups in total. The molecule has 2 aromatic rings. The summed E-state index contributed by atoms with van der Waals surface area (Å²) >= 11 is 0. The van der Waals surface area contributed by atoms with Gasteiger partial charge in [-0.2, -0.15) is 0 Å². The lowest BCUT2D eigenvalue weighted by Gasteiger charge is -2.08. The molecule has 0 saturated heterocycles. The lowest BCUT2D eigenvalue weighted by Crippen LogP contribution is -2.02. The summed E-state index contributed by atoms with van der Waals surface area (Å²) < 4.78 is 29.6. The van der Waals surface area contributed by atoms with Crippen LogP contribution in [0.2, 0.25) is 0 Å². The molecule has 1 aliphatic rings. The summed E-state index contributed by atoms with van der Waals surface area (Å²) in [5.74, 6) is -0.0534. The molecule has 0 atom stereocenters. The first-order valence-electron chi connectivity index (χ1n) is 6.17. The summed E-state index contributed by atoms with van der Waals surface area (Å²) in [6, 6.07) is 8.76. The van der Waals surface area contributed by atoms with Gasteiger partial charge in [-0.3, -0.25) is 0 Å². The van der Waals surface area contributed by atoms with Crippen molar-refractivity contribution in [2.75, 3.05) is 6.79 Å². The zero-order valence-electron chi connectivity index (χ0n) is 10.8. The lowest BCUT2D eigenvalue weighted by molar-refractivity contribution is 0.0696. The van der Waals surface area contributed by atoms with Gasteiger partial charge in [-0.15, -0.1) is 0 Å². The Kier molecular flexibility index (Phi) is 3.35. The molecule has 0 unspecified atom stereocenters. The first kappa shape index (κ1) is 13.2. The van der Waals surface area contributed by atoms with Crippen LogP contribution in [0.4, 0.5) is 4.39 Å². The zero-order valence-corrected chi connectivity index (χ0v) is 10.8. The number of benzene rings is 2. The Morgan fingerprint density at radius 3 is 2.76 bits per heavy atom. The highest BCUT2D eigenvalue weighted by Gasteiger charge is 2.14. The maximum absolute atomic E-state index is 13.7. The van der Waals surface area contributed by atoms with Crippen molar-refractivity contribution in [1.29, 1.82) is 0 Å². The van der Waals surface area contributed by atoms with Crippen LogP contribution >= 0.6 is 0 Å². The molecule has 0 bridgehead atoms. The minimum absolute atomic E-state index is 0.00856. The van der Waals surface area contributed by atoms with Crippen LogP contribution in [-0.2, 0) is 6.61 Å². The number of carboxylic acid groups (broad SMARTS) is 1. The van der Waals surface area contributed by atoms with Crippen molar-refractivity contribution in [3.63, 3.8) is 0 Å². The molecule has 0 spiro atoms. The summed E-state index contributed by atoms with van der Waals surface area (Å²) in [6.07, 6.45) is 0. The number of hydrogen-bond acceptors (Lipinski definition) is 4. The van der Waals surface area contributed by atoms with Gasteiger partial charge in [0.2, 0.25) is 6.79 Å². The van der Waals surface area contributed by atoms with Gasteiger partial charge in [0.05, 0.1) is 5.56 Å². The molecule has 108 valence electrons. The van der Waals surface area contributed by atoms with Gasteiger partial charge in [-0.1, -0.05) is 6.07 Å². The molecule has 21 heavy (non-hydrogen) atoms. The molecule has 0 radical (unpaired) electrons. The first-order chi connectivity index (χ1) is 10.1. The number of fused-ring (bicyclic) bond motifs is 1. The molecule has 2 aromatic carbocycles. The second kappa shape index (κ2) is 5.32. The normalized spacial score (nSPS) is 12.2. The summed E-state index contributed by atoms with van der Waals surface area (Å²) in [4.78, 5) is 10.7. The molecular weight excluding hydrogens is 279 g/mol. The molecule has 6 heteroatoms. The average Bonchev–Trinajstić information content (AvgIpc) is 2.93. The predicted molar refractivity (Wildman–Crippen MR) is 70.3 cm³/mol. The minimum atomic E-state index is -1.17. The van der Waals surface area contributed by atoms with Crippen LogP contribution in [-0.4, -0.2) is 17.9 Å². The van der Waals surface area contributed by atoms with Gasteiger partial charge < -0.3 is 19.3 Å². The largest absolute Gasteiger partial charge is 0.489 e. The van der Waals surface area contributed by atoms with E-state index in [-0.39, 0.29) is 24.5 Å². The van der Waals surface area contributed by atoms with Gasteiger partial charge >= 0.3 is 5.97 Å². The van der Waals surface area contributed by atoms with E-state index in [9.17, 15) is 9.18 Å². The minimum Gasteiger partial charge on any atom is -0.489 e. The van der Waals surface area contributed by atoms with Crippen molar-refractivity contribution in [3.8, 4) is 17.2 Å². The van der Waals surface area contributed by atoms with E-state index in [0.29, 0.717) is 17.2 Å². The van der Waals surface area contributed by atoms with Crippen molar-refractivity contribution < 1.29 is 28.5 Å². The number of halogens is 1. The van der Waals surface area contributed by atoms with Crippen LogP contribution in [0.3, 0.4) is 0 Å². The maximum atomic E-state index is 13.7. The Balaban J connectivity index is 1.71.